The zero-order chi connectivity index (χ0) is 15.0. The van der Waals surface area contributed by atoms with Crippen LogP contribution in [0.15, 0.2) is 35.0 Å². The van der Waals surface area contributed by atoms with Crippen LogP contribution < -0.4 is 4.90 Å². The molecule has 3 rings (SSSR count). The van der Waals surface area contributed by atoms with Gasteiger partial charge in [-0.15, -0.1) is 0 Å². The normalized spacial score (nSPS) is 19.7. The van der Waals surface area contributed by atoms with E-state index in [1.54, 1.807) is 6.07 Å². The van der Waals surface area contributed by atoms with Gasteiger partial charge >= 0.3 is 0 Å². The third-order valence-corrected chi connectivity index (χ3v) is 4.11. The molecule has 1 aromatic carbocycles. The van der Waals surface area contributed by atoms with E-state index >= 15 is 0 Å². The van der Waals surface area contributed by atoms with Crippen molar-refractivity contribution in [1.82, 2.24) is 4.90 Å². The van der Waals surface area contributed by atoms with Gasteiger partial charge in [0.05, 0.1) is 5.69 Å². The first kappa shape index (κ1) is 14.1. The molecule has 0 unspecified atom stereocenters. The Balaban J connectivity index is 1.96. The Hall–Kier alpha value is -1.88. The van der Waals surface area contributed by atoms with Gasteiger partial charge in [-0.3, -0.25) is 9.59 Å². The van der Waals surface area contributed by atoms with Crippen LogP contribution in [0.4, 0.5) is 10.1 Å². The lowest BCUT2D eigenvalue weighted by atomic mass is 10.1. The molecule has 4 nitrogen and oxygen atoms in total. The van der Waals surface area contributed by atoms with Gasteiger partial charge in [0, 0.05) is 13.1 Å². The summed E-state index contributed by atoms with van der Waals surface area (Å²) in [5.74, 6) is -1.83. The summed E-state index contributed by atoms with van der Waals surface area (Å²) in [7, 11) is 0. The Morgan fingerprint density at radius 2 is 1.67 bits per heavy atom. The van der Waals surface area contributed by atoms with Crippen molar-refractivity contribution < 1.29 is 14.0 Å². The van der Waals surface area contributed by atoms with E-state index in [0.29, 0.717) is 13.1 Å². The second-order valence-corrected chi connectivity index (χ2v) is 5.49. The third kappa shape index (κ3) is 2.31. The maximum atomic E-state index is 13.9. The molecule has 2 amide bonds. The largest absolute Gasteiger partial charge is 0.366 e. The molecule has 1 saturated heterocycles. The van der Waals surface area contributed by atoms with Gasteiger partial charge in [0.25, 0.3) is 11.8 Å². The van der Waals surface area contributed by atoms with Gasteiger partial charge < -0.3 is 4.90 Å². The summed E-state index contributed by atoms with van der Waals surface area (Å²) >= 11 is 6.06. The molecule has 1 aromatic rings. The topological polar surface area (TPSA) is 40.6 Å². The van der Waals surface area contributed by atoms with Gasteiger partial charge in [-0.2, -0.15) is 0 Å². The van der Waals surface area contributed by atoms with E-state index in [4.69, 9.17) is 11.6 Å². The van der Waals surface area contributed by atoms with Crippen molar-refractivity contribution >= 4 is 29.1 Å². The summed E-state index contributed by atoms with van der Waals surface area (Å²) in [5.41, 5.74) is 0.141. The lowest BCUT2D eigenvalue weighted by molar-refractivity contribution is -0.121. The fourth-order valence-corrected chi connectivity index (χ4v) is 3.02. The SMILES string of the molecule is O=C1C(Cl)=C(N2CCCCC2)C(=O)N1c1ccccc1F. The number of amides is 2. The minimum Gasteiger partial charge on any atom is -0.366 e. The number of imide groups is 1. The number of likely N-dealkylation sites (tertiary alicyclic amines) is 1. The predicted octanol–water partition coefficient (Wildman–Crippen LogP) is 2.64. The highest BCUT2D eigenvalue weighted by Gasteiger charge is 2.42. The van der Waals surface area contributed by atoms with Crippen LogP contribution in [0, 0.1) is 5.82 Å². The van der Waals surface area contributed by atoms with Crippen molar-refractivity contribution in [2.75, 3.05) is 18.0 Å². The van der Waals surface area contributed by atoms with E-state index in [1.165, 1.54) is 18.2 Å². The second kappa shape index (κ2) is 5.48. The third-order valence-electron chi connectivity index (χ3n) is 3.77. The van der Waals surface area contributed by atoms with E-state index in [2.05, 4.69) is 0 Å². The molecule has 2 heterocycles. The van der Waals surface area contributed by atoms with Gasteiger partial charge in [-0.05, 0) is 31.4 Å². The lowest BCUT2D eigenvalue weighted by Crippen LogP contribution is -2.37. The molecule has 0 radical (unpaired) electrons. The highest BCUT2D eigenvalue weighted by Crippen LogP contribution is 2.33. The molecule has 21 heavy (non-hydrogen) atoms. The summed E-state index contributed by atoms with van der Waals surface area (Å²) < 4.78 is 13.9. The van der Waals surface area contributed by atoms with Gasteiger partial charge in [-0.25, -0.2) is 9.29 Å². The standard InChI is InChI=1S/C15H14ClFN2O2/c16-12-13(18-8-4-1-5-9-18)15(21)19(14(12)20)11-7-3-2-6-10(11)17/h2-3,6-7H,1,4-5,8-9H2. The molecule has 6 heteroatoms. The van der Waals surface area contributed by atoms with Crippen LogP contribution in [0.1, 0.15) is 19.3 Å². The first-order valence-electron chi connectivity index (χ1n) is 6.89. The highest BCUT2D eigenvalue weighted by atomic mass is 35.5. The van der Waals surface area contributed by atoms with Crippen molar-refractivity contribution in [3.63, 3.8) is 0 Å². The first-order valence-corrected chi connectivity index (χ1v) is 7.27. The number of carbonyl (C=O) groups is 2. The predicted molar refractivity (Wildman–Crippen MR) is 77.2 cm³/mol. The van der Waals surface area contributed by atoms with Gasteiger partial charge in [0.2, 0.25) is 0 Å². The molecule has 0 N–H and O–H groups in total. The van der Waals surface area contributed by atoms with Crippen molar-refractivity contribution in [3.8, 4) is 0 Å². The number of hydrogen-bond donors (Lipinski definition) is 0. The molecule has 0 atom stereocenters. The Kier molecular flexibility index (Phi) is 3.68. The van der Waals surface area contributed by atoms with E-state index in [-0.39, 0.29) is 16.4 Å². The first-order chi connectivity index (χ1) is 10.1. The molecule has 110 valence electrons. The molecule has 1 fully saturated rings. The van der Waals surface area contributed by atoms with Crippen LogP contribution >= 0.6 is 11.6 Å². The summed E-state index contributed by atoms with van der Waals surface area (Å²) in [6, 6.07) is 5.69. The number of rotatable bonds is 2. The van der Waals surface area contributed by atoms with Crippen LogP contribution in [0.3, 0.4) is 0 Å². The van der Waals surface area contributed by atoms with Gasteiger partial charge in [0.15, 0.2) is 0 Å². The van der Waals surface area contributed by atoms with Crippen LogP contribution in [0.5, 0.6) is 0 Å². The Morgan fingerprint density at radius 1 is 1.00 bits per heavy atom. The molecule has 0 spiro atoms. The molecule has 0 saturated carbocycles. The maximum Gasteiger partial charge on any atom is 0.283 e. The number of halogens is 2. The maximum absolute atomic E-state index is 13.9. The van der Waals surface area contributed by atoms with Gasteiger partial charge in [0.1, 0.15) is 16.5 Å². The summed E-state index contributed by atoms with van der Waals surface area (Å²) in [4.78, 5) is 27.4. The second-order valence-electron chi connectivity index (χ2n) is 5.11. The molecule has 2 aliphatic rings. The fraction of sp³-hybridized carbons (Fsp3) is 0.333. The number of hydrogen-bond acceptors (Lipinski definition) is 3. The minimum absolute atomic E-state index is 0.0577. The minimum atomic E-state index is -0.660. The summed E-state index contributed by atoms with van der Waals surface area (Å²) in [5, 5.41) is -0.120. The molecular formula is C15H14ClFN2O2. The number of carbonyl (C=O) groups excluding carboxylic acids is 2. The Bertz CT molecular complexity index is 638. The fourth-order valence-electron chi connectivity index (χ4n) is 2.73. The highest BCUT2D eigenvalue weighted by molar-refractivity contribution is 6.52. The van der Waals surface area contributed by atoms with Crippen molar-refractivity contribution in [2.24, 2.45) is 0 Å². The quantitative estimate of drug-likeness (QED) is 0.789. The van der Waals surface area contributed by atoms with Gasteiger partial charge in [-0.1, -0.05) is 23.7 Å². The van der Waals surface area contributed by atoms with Crippen LogP contribution in [-0.4, -0.2) is 29.8 Å². The average Bonchev–Trinajstić information content (AvgIpc) is 2.71. The molecule has 2 aliphatic heterocycles. The zero-order valence-electron chi connectivity index (χ0n) is 11.3. The van der Waals surface area contributed by atoms with Crippen LogP contribution in [-0.2, 0) is 9.59 Å². The molecular weight excluding hydrogens is 295 g/mol. The van der Waals surface area contributed by atoms with Crippen LogP contribution in [0.2, 0.25) is 0 Å². The summed E-state index contributed by atoms with van der Waals surface area (Å²) in [6.07, 6.45) is 3.00. The number of nitrogens with zero attached hydrogens (tertiary/aromatic N) is 2. The monoisotopic (exact) mass is 308 g/mol. The number of piperidine rings is 1. The smallest absolute Gasteiger partial charge is 0.283 e. The van der Waals surface area contributed by atoms with Crippen molar-refractivity contribution in [1.29, 1.82) is 0 Å². The number of benzene rings is 1. The van der Waals surface area contributed by atoms with E-state index in [1.807, 2.05) is 4.90 Å². The van der Waals surface area contributed by atoms with Crippen LogP contribution in [0.25, 0.3) is 0 Å². The zero-order valence-corrected chi connectivity index (χ0v) is 12.1. The van der Waals surface area contributed by atoms with E-state index < -0.39 is 17.6 Å². The lowest BCUT2D eigenvalue weighted by Gasteiger charge is -2.29. The molecule has 0 aromatic heterocycles. The average molecular weight is 309 g/mol. The van der Waals surface area contributed by atoms with Crippen molar-refractivity contribution in [2.45, 2.75) is 19.3 Å². The Morgan fingerprint density at radius 3 is 2.33 bits per heavy atom. The van der Waals surface area contributed by atoms with E-state index in [9.17, 15) is 14.0 Å². The Labute approximate surface area is 126 Å². The molecule has 0 bridgehead atoms. The molecule has 0 aliphatic carbocycles. The van der Waals surface area contributed by atoms with E-state index in [0.717, 1.165) is 24.2 Å². The summed E-state index contributed by atoms with van der Waals surface area (Å²) in [6.45, 7) is 1.38. The van der Waals surface area contributed by atoms with Crippen molar-refractivity contribution in [3.05, 3.63) is 40.8 Å². The number of para-hydroxylation sites is 1. The number of anilines is 1.